The Kier molecular flexibility index (Phi) is 7.48. The number of benzene rings is 1. The van der Waals surface area contributed by atoms with E-state index in [9.17, 15) is 26.7 Å². The molecule has 2 fully saturated rings. The molecule has 2 aliphatic heterocycles. The molecule has 216 valence electrons. The van der Waals surface area contributed by atoms with E-state index in [1.54, 1.807) is 13.0 Å². The molecule has 3 aromatic rings. The Labute approximate surface area is 228 Å². The average Bonchev–Trinajstić information content (AvgIpc) is 3.48. The van der Waals surface area contributed by atoms with Crippen molar-refractivity contribution >= 4 is 21.7 Å². The van der Waals surface area contributed by atoms with Crippen LogP contribution in [-0.2, 0) is 16.2 Å². The van der Waals surface area contributed by atoms with E-state index in [1.807, 2.05) is 4.90 Å². The van der Waals surface area contributed by atoms with Gasteiger partial charge in [0.2, 0.25) is 16.0 Å². The third-order valence-electron chi connectivity index (χ3n) is 7.19. The quantitative estimate of drug-likeness (QED) is 0.425. The van der Waals surface area contributed by atoms with Crippen molar-refractivity contribution in [3.05, 3.63) is 47.8 Å². The Bertz CT molecular complexity index is 1500. The van der Waals surface area contributed by atoms with Crippen molar-refractivity contribution in [3.8, 4) is 17.1 Å². The summed E-state index contributed by atoms with van der Waals surface area (Å²) in [5.41, 5.74) is -0.933. The smallest absolute Gasteiger partial charge is 0.391 e. The second-order valence-corrected chi connectivity index (χ2v) is 12.1. The SMILES string of the molecule is Cc1nc(-c2nc(NC3CCN(S(C)(=O)=O)CC3)ncc2C(F)(F)F)cn1-c1ccc(N2CC[C@H](O)C2)cc1F. The highest BCUT2D eigenvalue weighted by Crippen LogP contribution is 2.36. The molecule has 2 saturated heterocycles. The van der Waals surface area contributed by atoms with Crippen LogP contribution in [0.25, 0.3) is 17.1 Å². The number of aliphatic hydroxyl groups is 1. The summed E-state index contributed by atoms with van der Waals surface area (Å²) in [6.07, 6.45) is -0.658. The minimum absolute atomic E-state index is 0.0451. The Hall–Kier alpha value is -3.30. The first kappa shape index (κ1) is 28.2. The van der Waals surface area contributed by atoms with Crippen molar-refractivity contribution in [3.63, 3.8) is 0 Å². The molecular formula is C25H29F4N7O3S. The maximum absolute atomic E-state index is 15.2. The molecular weight excluding hydrogens is 554 g/mol. The Morgan fingerprint density at radius 3 is 2.42 bits per heavy atom. The number of β-amino-alcohol motifs (C(OH)–C–C–N with tert-alkyl or cyclic N) is 1. The van der Waals surface area contributed by atoms with Crippen molar-refractivity contribution in [2.24, 2.45) is 0 Å². The minimum atomic E-state index is -4.76. The lowest BCUT2D eigenvalue weighted by Gasteiger charge is -2.30. The van der Waals surface area contributed by atoms with Crippen LogP contribution in [0.15, 0.2) is 30.6 Å². The van der Waals surface area contributed by atoms with E-state index < -0.39 is 39.4 Å². The summed E-state index contributed by atoms with van der Waals surface area (Å²) in [7, 11) is -3.32. The van der Waals surface area contributed by atoms with E-state index in [0.29, 0.717) is 44.2 Å². The van der Waals surface area contributed by atoms with Crippen LogP contribution in [0.5, 0.6) is 0 Å². The van der Waals surface area contributed by atoms with Gasteiger partial charge in [0.05, 0.1) is 18.0 Å². The zero-order chi connectivity index (χ0) is 28.8. The summed E-state index contributed by atoms with van der Waals surface area (Å²) in [6.45, 7) is 3.09. The molecule has 5 rings (SSSR count). The number of anilines is 2. The fourth-order valence-corrected chi connectivity index (χ4v) is 5.94. The molecule has 0 radical (unpaired) electrons. The van der Waals surface area contributed by atoms with Crippen LogP contribution in [0.1, 0.15) is 30.7 Å². The van der Waals surface area contributed by atoms with Crippen LogP contribution in [0.4, 0.5) is 29.2 Å². The summed E-state index contributed by atoms with van der Waals surface area (Å²) < 4.78 is 83.1. The molecule has 0 spiro atoms. The van der Waals surface area contributed by atoms with Crippen molar-refractivity contribution in [1.82, 2.24) is 23.8 Å². The first-order valence-corrected chi connectivity index (χ1v) is 14.6. The Morgan fingerprint density at radius 1 is 1.10 bits per heavy atom. The summed E-state index contributed by atoms with van der Waals surface area (Å²) in [6, 6.07) is 4.31. The number of hydrogen-bond acceptors (Lipinski definition) is 8. The topological polar surface area (TPSA) is 116 Å². The number of nitrogens with one attached hydrogen (secondary N) is 1. The molecule has 0 saturated carbocycles. The minimum Gasteiger partial charge on any atom is -0.391 e. The van der Waals surface area contributed by atoms with Gasteiger partial charge in [-0.1, -0.05) is 0 Å². The fraction of sp³-hybridized carbons (Fsp3) is 0.480. The van der Waals surface area contributed by atoms with E-state index in [1.165, 1.54) is 27.2 Å². The van der Waals surface area contributed by atoms with Gasteiger partial charge in [-0.05, 0) is 44.4 Å². The normalized spacial score (nSPS) is 19.4. The van der Waals surface area contributed by atoms with Crippen LogP contribution in [0.3, 0.4) is 0 Å². The number of aliphatic hydroxyl groups excluding tert-OH is 1. The maximum Gasteiger partial charge on any atom is 0.420 e. The van der Waals surface area contributed by atoms with Gasteiger partial charge in [-0.2, -0.15) is 13.2 Å². The van der Waals surface area contributed by atoms with E-state index in [4.69, 9.17) is 0 Å². The van der Waals surface area contributed by atoms with E-state index in [-0.39, 0.29) is 42.3 Å². The van der Waals surface area contributed by atoms with E-state index in [2.05, 4.69) is 20.3 Å². The molecule has 1 atom stereocenters. The number of piperidine rings is 1. The molecule has 0 aliphatic carbocycles. The summed E-state index contributed by atoms with van der Waals surface area (Å²) in [5, 5.41) is 12.8. The van der Waals surface area contributed by atoms with Crippen molar-refractivity contribution < 1.29 is 31.1 Å². The maximum atomic E-state index is 15.2. The third-order valence-corrected chi connectivity index (χ3v) is 8.50. The van der Waals surface area contributed by atoms with Gasteiger partial charge in [0.1, 0.15) is 28.6 Å². The van der Waals surface area contributed by atoms with Crippen LogP contribution in [0, 0.1) is 12.7 Å². The van der Waals surface area contributed by atoms with Gasteiger partial charge >= 0.3 is 6.18 Å². The van der Waals surface area contributed by atoms with Crippen LogP contribution < -0.4 is 10.2 Å². The molecule has 2 N–H and O–H groups in total. The lowest BCUT2D eigenvalue weighted by molar-refractivity contribution is -0.137. The second kappa shape index (κ2) is 10.6. The number of aromatic nitrogens is 4. The van der Waals surface area contributed by atoms with Gasteiger partial charge in [-0.3, -0.25) is 0 Å². The predicted octanol–water partition coefficient (Wildman–Crippen LogP) is 3.20. The Morgan fingerprint density at radius 2 is 1.82 bits per heavy atom. The lowest BCUT2D eigenvalue weighted by Crippen LogP contribution is -2.42. The van der Waals surface area contributed by atoms with Crippen LogP contribution in [-0.4, -0.2) is 81.9 Å². The Balaban J connectivity index is 1.43. The second-order valence-electron chi connectivity index (χ2n) is 10.1. The monoisotopic (exact) mass is 583 g/mol. The molecule has 10 nitrogen and oxygen atoms in total. The van der Waals surface area contributed by atoms with Crippen molar-refractivity contribution in [1.29, 1.82) is 0 Å². The molecule has 2 aromatic heterocycles. The molecule has 15 heteroatoms. The number of aryl methyl sites for hydroxylation is 1. The number of rotatable bonds is 6. The number of hydrogen-bond donors (Lipinski definition) is 2. The van der Waals surface area contributed by atoms with E-state index in [0.717, 1.165) is 6.26 Å². The van der Waals surface area contributed by atoms with Crippen LogP contribution >= 0.6 is 0 Å². The third kappa shape index (κ3) is 5.90. The summed E-state index contributed by atoms with van der Waals surface area (Å²) in [5.74, 6) is -0.378. The van der Waals surface area contributed by atoms with Gasteiger partial charge in [0.25, 0.3) is 0 Å². The van der Waals surface area contributed by atoms with Gasteiger partial charge in [0.15, 0.2) is 0 Å². The highest BCUT2D eigenvalue weighted by molar-refractivity contribution is 7.88. The largest absolute Gasteiger partial charge is 0.420 e. The summed E-state index contributed by atoms with van der Waals surface area (Å²) in [4.78, 5) is 14.1. The van der Waals surface area contributed by atoms with Gasteiger partial charge in [0, 0.05) is 50.3 Å². The molecule has 1 aromatic carbocycles. The standard InChI is InChI=1S/C25H29F4N7O3S/c1-15-31-21(14-36(15)22-4-3-17(11-20(22)26)34-8-7-18(37)13-34)23-19(25(27,28)29)12-30-24(33-23)32-16-5-9-35(10-6-16)40(2,38)39/h3-4,11-12,14,16,18,37H,5-10,13H2,1-2H3,(H,30,32,33)/t18-/m0/s1. The number of sulfonamides is 1. The first-order valence-electron chi connectivity index (χ1n) is 12.7. The van der Waals surface area contributed by atoms with E-state index >= 15 is 4.39 Å². The molecule has 40 heavy (non-hydrogen) atoms. The zero-order valence-electron chi connectivity index (χ0n) is 21.9. The lowest BCUT2D eigenvalue weighted by atomic mass is 10.1. The number of nitrogens with zero attached hydrogens (tertiary/aromatic N) is 6. The first-order chi connectivity index (χ1) is 18.8. The average molecular weight is 584 g/mol. The molecule has 0 bridgehead atoms. The highest BCUT2D eigenvalue weighted by Gasteiger charge is 2.37. The van der Waals surface area contributed by atoms with Gasteiger partial charge < -0.3 is 19.9 Å². The van der Waals surface area contributed by atoms with Crippen LogP contribution in [0.2, 0.25) is 0 Å². The molecule has 2 aliphatic rings. The number of imidazole rings is 1. The fourth-order valence-electron chi connectivity index (χ4n) is 5.06. The highest BCUT2D eigenvalue weighted by atomic mass is 32.2. The predicted molar refractivity (Wildman–Crippen MR) is 140 cm³/mol. The number of alkyl halides is 3. The summed E-state index contributed by atoms with van der Waals surface area (Å²) >= 11 is 0. The van der Waals surface area contributed by atoms with Gasteiger partial charge in [-0.15, -0.1) is 0 Å². The zero-order valence-corrected chi connectivity index (χ0v) is 22.7. The van der Waals surface area contributed by atoms with Crippen molar-refractivity contribution in [2.75, 3.05) is 42.7 Å². The number of halogens is 4. The van der Waals surface area contributed by atoms with Crippen molar-refractivity contribution in [2.45, 2.75) is 44.5 Å². The molecule has 4 heterocycles. The van der Waals surface area contributed by atoms with Gasteiger partial charge in [-0.25, -0.2) is 32.1 Å². The molecule has 0 unspecified atom stereocenters. The molecule has 0 amide bonds.